The van der Waals surface area contributed by atoms with E-state index in [9.17, 15) is 14.0 Å². The van der Waals surface area contributed by atoms with E-state index >= 15 is 0 Å². The quantitative estimate of drug-likeness (QED) is 0.808. The van der Waals surface area contributed by atoms with Crippen LogP contribution in [0.5, 0.6) is 0 Å². The minimum Gasteiger partial charge on any atom is -0.341 e. The Morgan fingerprint density at radius 1 is 1.04 bits per heavy atom. The lowest BCUT2D eigenvalue weighted by Crippen LogP contribution is -2.45. The molecule has 1 aliphatic heterocycles. The number of halogens is 1. The van der Waals surface area contributed by atoms with Gasteiger partial charge in [0, 0.05) is 20.0 Å². The number of anilines is 1. The molecule has 0 saturated carbocycles. The van der Waals surface area contributed by atoms with Crippen molar-refractivity contribution in [3.8, 4) is 0 Å². The monoisotopic (exact) mass is 368 g/mol. The highest BCUT2D eigenvalue weighted by atomic mass is 19.1. The standard InChI is InChI=1S/C22H25FN2O2/c1-17(26)25(21-10-6-5-9-20(21)23)16-22(27)24-13-11-19(12-14-24)15-18-7-3-2-4-8-18/h2-10,19H,11-16H2,1H3. The summed E-state index contributed by atoms with van der Waals surface area (Å²) in [6, 6.07) is 16.4. The second-order valence-corrected chi connectivity index (χ2v) is 7.07. The third-order valence-corrected chi connectivity index (χ3v) is 5.15. The number of benzene rings is 2. The van der Waals surface area contributed by atoms with E-state index in [1.54, 1.807) is 17.0 Å². The molecule has 2 amide bonds. The molecule has 1 heterocycles. The molecule has 0 unspecified atom stereocenters. The Labute approximate surface area is 159 Å². The van der Waals surface area contributed by atoms with Crippen LogP contribution in [0.1, 0.15) is 25.3 Å². The number of hydrogen-bond donors (Lipinski definition) is 0. The van der Waals surface area contributed by atoms with Gasteiger partial charge in [-0.2, -0.15) is 0 Å². The maximum absolute atomic E-state index is 14.0. The third-order valence-electron chi connectivity index (χ3n) is 5.15. The molecule has 2 aromatic rings. The first-order valence-corrected chi connectivity index (χ1v) is 9.39. The number of para-hydroxylation sites is 1. The Hall–Kier alpha value is -2.69. The number of likely N-dealkylation sites (tertiary alicyclic amines) is 1. The minimum atomic E-state index is -0.498. The molecule has 4 nitrogen and oxygen atoms in total. The molecule has 0 radical (unpaired) electrons. The summed E-state index contributed by atoms with van der Waals surface area (Å²) < 4.78 is 14.0. The van der Waals surface area contributed by atoms with Crippen LogP contribution in [0.2, 0.25) is 0 Å². The van der Waals surface area contributed by atoms with E-state index in [1.165, 1.54) is 29.5 Å². The summed E-state index contributed by atoms with van der Waals surface area (Å²) in [5, 5.41) is 0. The molecule has 1 aliphatic rings. The summed E-state index contributed by atoms with van der Waals surface area (Å²) >= 11 is 0. The van der Waals surface area contributed by atoms with Crippen molar-refractivity contribution in [3.63, 3.8) is 0 Å². The first kappa shape index (κ1) is 19.1. The Bertz CT molecular complexity index is 786. The molecule has 3 rings (SSSR count). The van der Waals surface area contributed by atoms with Gasteiger partial charge in [-0.3, -0.25) is 9.59 Å². The topological polar surface area (TPSA) is 40.6 Å². The molecule has 0 atom stereocenters. The van der Waals surface area contributed by atoms with E-state index in [0.717, 1.165) is 19.3 Å². The van der Waals surface area contributed by atoms with Crippen molar-refractivity contribution in [2.45, 2.75) is 26.2 Å². The number of hydrogen-bond acceptors (Lipinski definition) is 2. The zero-order chi connectivity index (χ0) is 19.2. The van der Waals surface area contributed by atoms with Crippen molar-refractivity contribution < 1.29 is 14.0 Å². The highest BCUT2D eigenvalue weighted by Gasteiger charge is 2.26. The largest absolute Gasteiger partial charge is 0.341 e. The maximum Gasteiger partial charge on any atom is 0.242 e. The summed E-state index contributed by atoms with van der Waals surface area (Å²) in [7, 11) is 0. The van der Waals surface area contributed by atoms with Crippen LogP contribution >= 0.6 is 0 Å². The van der Waals surface area contributed by atoms with Crippen molar-refractivity contribution in [1.29, 1.82) is 0 Å². The normalized spacial score (nSPS) is 14.8. The van der Waals surface area contributed by atoms with Crippen LogP contribution in [0.4, 0.5) is 10.1 Å². The van der Waals surface area contributed by atoms with Crippen LogP contribution in [0.3, 0.4) is 0 Å². The van der Waals surface area contributed by atoms with Crippen molar-refractivity contribution in [2.24, 2.45) is 5.92 Å². The van der Waals surface area contributed by atoms with Crippen molar-refractivity contribution in [2.75, 3.05) is 24.5 Å². The molecule has 142 valence electrons. The molecule has 1 saturated heterocycles. The average Bonchev–Trinajstić information content (AvgIpc) is 2.68. The fraction of sp³-hybridized carbons (Fsp3) is 0.364. The molecule has 0 aliphatic carbocycles. The Balaban J connectivity index is 1.57. The van der Waals surface area contributed by atoms with Crippen LogP contribution in [0.15, 0.2) is 54.6 Å². The van der Waals surface area contributed by atoms with Gasteiger partial charge < -0.3 is 9.80 Å². The van der Waals surface area contributed by atoms with Gasteiger partial charge in [0.15, 0.2) is 0 Å². The van der Waals surface area contributed by atoms with E-state index in [1.807, 2.05) is 18.2 Å². The lowest BCUT2D eigenvalue weighted by atomic mass is 9.90. The lowest BCUT2D eigenvalue weighted by Gasteiger charge is -2.33. The smallest absolute Gasteiger partial charge is 0.242 e. The highest BCUT2D eigenvalue weighted by molar-refractivity contribution is 5.97. The van der Waals surface area contributed by atoms with Crippen LogP contribution in [-0.2, 0) is 16.0 Å². The molecule has 0 bridgehead atoms. The number of amides is 2. The van der Waals surface area contributed by atoms with Gasteiger partial charge >= 0.3 is 0 Å². The predicted molar refractivity (Wildman–Crippen MR) is 104 cm³/mol. The molecule has 0 spiro atoms. The van der Waals surface area contributed by atoms with E-state index in [4.69, 9.17) is 0 Å². The zero-order valence-electron chi connectivity index (χ0n) is 15.6. The number of piperidine rings is 1. The Morgan fingerprint density at radius 3 is 2.30 bits per heavy atom. The van der Waals surface area contributed by atoms with E-state index < -0.39 is 5.82 Å². The van der Waals surface area contributed by atoms with Crippen LogP contribution < -0.4 is 4.90 Å². The third kappa shape index (κ3) is 4.94. The number of nitrogens with zero attached hydrogens (tertiary/aromatic N) is 2. The minimum absolute atomic E-state index is 0.125. The molecular weight excluding hydrogens is 343 g/mol. The maximum atomic E-state index is 14.0. The highest BCUT2D eigenvalue weighted by Crippen LogP contribution is 2.23. The average molecular weight is 368 g/mol. The summed E-state index contributed by atoms with van der Waals surface area (Å²) in [4.78, 5) is 27.6. The van der Waals surface area contributed by atoms with Crippen LogP contribution in [-0.4, -0.2) is 36.3 Å². The van der Waals surface area contributed by atoms with Crippen LogP contribution in [0, 0.1) is 11.7 Å². The fourth-order valence-corrected chi connectivity index (χ4v) is 3.61. The second-order valence-electron chi connectivity index (χ2n) is 7.07. The second kappa shape index (κ2) is 8.80. The SMILES string of the molecule is CC(=O)N(CC(=O)N1CCC(Cc2ccccc2)CC1)c1ccccc1F. The Morgan fingerprint density at radius 2 is 1.67 bits per heavy atom. The van der Waals surface area contributed by atoms with Gasteiger partial charge in [0.05, 0.1) is 5.69 Å². The number of rotatable bonds is 5. The van der Waals surface area contributed by atoms with E-state index in [0.29, 0.717) is 19.0 Å². The van der Waals surface area contributed by atoms with E-state index in [-0.39, 0.29) is 24.0 Å². The summed E-state index contributed by atoms with van der Waals surface area (Å²) in [6.45, 7) is 2.59. The molecule has 1 fully saturated rings. The van der Waals surface area contributed by atoms with Crippen LogP contribution in [0.25, 0.3) is 0 Å². The van der Waals surface area contributed by atoms with Gasteiger partial charge in [-0.15, -0.1) is 0 Å². The molecule has 5 heteroatoms. The predicted octanol–water partition coefficient (Wildman–Crippen LogP) is 3.66. The van der Waals surface area contributed by atoms with Gasteiger partial charge in [0.1, 0.15) is 12.4 Å². The molecule has 27 heavy (non-hydrogen) atoms. The first-order chi connectivity index (χ1) is 13.0. The molecule has 2 aromatic carbocycles. The van der Waals surface area contributed by atoms with Gasteiger partial charge in [-0.05, 0) is 42.9 Å². The zero-order valence-corrected chi connectivity index (χ0v) is 15.6. The number of carbonyl (C=O) groups is 2. The summed E-state index contributed by atoms with van der Waals surface area (Å²) in [5.41, 5.74) is 1.47. The van der Waals surface area contributed by atoms with Crippen molar-refractivity contribution in [3.05, 3.63) is 66.0 Å². The van der Waals surface area contributed by atoms with Crippen molar-refractivity contribution >= 4 is 17.5 Å². The lowest BCUT2D eigenvalue weighted by molar-refractivity contribution is -0.132. The van der Waals surface area contributed by atoms with Gasteiger partial charge in [-0.25, -0.2) is 4.39 Å². The summed E-state index contributed by atoms with van der Waals surface area (Å²) in [5.74, 6) is -0.409. The number of carbonyl (C=O) groups excluding carboxylic acids is 2. The van der Waals surface area contributed by atoms with Gasteiger partial charge in [0.2, 0.25) is 11.8 Å². The van der Waals surface area contributed by atoms with Gasteiger partial charge in [-0.1, -0.05) is 42.5 Å². The van der Waals surface area contributed by atoms with Crippen molar-refractivity contribution in [1.82, 2.24) is 4.90 Å². The fourth-order valence-electron chi connectivity index (χ4n) is 3.61. The Kier molecular flexibility index (Phi) is 6.22. The summed E-state index contributed by atoms with van der Waals surface area (Å²) in [6.07, 6.45) is 2.92. The van der Waals surface area contributed by atoms with E-state index in [2.05, 4.69) is 12.1 Å². The molecular formula is C22H25FN2O2. The molecule has 0 N–H and O–H groups in total. The first-order valence-electron chi connectivity index (χ1n) is 9.39. The van der Waals surface area contributed by atoms with Gasteiger partial charge in [0.25, 0.3) is 0 Å². The molecule has 0 aromatic heterocycles.